The number of benzene rings is 2. The molecule has 3 unspecified atom stereocenters. The van der Waals surface area contributed by atoms with E-state index in [-0.39, 0.29) is 29.8 Å². The normalized spacial score (nSPS) is 25.3. The summed E-state index contributed by atoms with van der Waals surface area (Å²) in [6, 6.07) is 16.5. The first-order valence-corrected chi connectivity index (χ1v) is 9.94. The minimum Gasteiger partial charge on any atom is -0.481 e. The van der Waals surface area contributed by atoms with E-state index in [1.807, 2.05) is 24.3 Å². The summed E-state index contributed by atoms with van der Waals surface area (Å²) >= 11 is 0. The summed E-state index contributed by atoms with van der Waals surface area (Å²) in [4.78, 5) is 25.9. The molecule has 0 spiro atoms. The van der Waals surface area contributed by atoms with Gasteiger partial charge < -0.3 is 14.7 Å². The lowest BCUT2D eigenvalue weighted by molar-refractivity contribution is -0.143. The third kappa shape index (κ3) is 2.77. The van der Waals surface area contributed by atoms with Gasteiger partial charge in [0.1, 0.15) is 6.61 Å². The molecule has 5 heteroatoms. The van der Waals surface area contributed by atoms with Crippen molar-refractivity contribution < 1.29 is 19.4 Å². The number of amides is 1. The van der Waals surface area contributed by atoms with E-state index in [1.54, 1.807) is 4.90 Å². The molecule has 144 valence electrons. The van der Waals surface area contributed by atoms with Gasteiger partial charge in [0.2, 0.25) is 0 Å². The SMILES string of the molecule is O=C(O)C1CC2CC1CN(C(=O)OCC1c3ccccc3-c3ccccc31)C2. The van der Waals surface area contributed by atoms with E-state index in [2.05, 4.69) is 24.3 Å². The van der Waals surface area contributed by atoms with Crippen molar-refractivity contribution >= 4 is 12.1 Å². The van der Waals surface area contributed by atoms with Gasteiger partial charge >= 0.3 is 12.1 Å². The molecule has 1 saturated carbocycles. The third-order valence-electron chi connectivity index (χ3n) is 6.64. The van der Waals surface area contributed by atoms with E-state index in [0.29, 0.717) is 26.1 Å². The molecule has 0 aromatic heterocycles. The van der Waals surface area contributed by atoms with Crippen molar-refractivity contribution in [3.63, 3.8) is 0 Å². The van der Waals surface area contributed by atoms with Gasteiger partial charge in [-0.1, -0.05) is 48.5 Å². The fourth-order valence-corrected chi connectivity index (χ4v) is 5.40. The van der Waals surface area contributed by atoms with Crippen molar-refractivity contribution in [1.29, 1.82) is 0 Å². The minimum absolute atomic E-state index is 0.0460. The minimum atomic E-state index is -0.734. The van der Waals surface area contributed by atoms with E-state index < -0.39 is 5.97 Å². The zero-order valence-corrected chi connectivity index (χ0v) is 15.6. The number of carbonyl (C=O) groups is 2. The molecule has 1 N–H and O–H groups in total. The number of fused-ring (bicyclic) bond motifs is 5. The summed E-state index contributed by atoms with van der Waals surface area (Å²) in [7, 11) is 0. The van der Waals surface area contributed by atoms with E-state index in [4.69, 9.17) is 4.74 Å². The Morgan fingerprint density at radius 1 is 0.964 bits per heavy atom. The van der Waals surface area contributed by atoms with Crippen molar-refractivity contribution in [2.45, 2.75) is 18.8 Å². The van der Waals surface area contributed by atoms with Crippen LogP contribution in [0.4, 0.5) is 4.79 Å². The van der Waals surface area contributed by atoms with Gasteiger partial charge in [-0.2, -0.15) is 0 Å². The molecule has 2 bridgehead atoms. The van der Waals surface area contributed by atoms with Crippen LogP contribution < -0.4 is 0 Å². The average molecular weight is 377 g/mol. The number of nitrogens with zero attached hydrogens (tertiary/aromatic N) is 1. The van der Waals surface area contributed by atoms with E-state index in [9.17, 15) is 14.7 Å². The molecule has 3 atom stereocenters. The number of aliphatic carboxylic acids is 1. The molecule has 5 rings (SSSR count). The Morgan fingerprint density at radius 3 is 2.25 bits per heavy atom. The smallest absolute Gasteiger partial charge is 0.409 e. The Balaban J connectivity index is 1.30. The predicted octanol–water partition coefficient (Wildman–Crippen LogP) is 3.98. The summed E-state index contributed by atoms with van der Waals surface area (Å²) < 4.78 is 5.74. The van der Waals surface area contributed by atoms with Crippen LogP contribution in [0.5, 0.6) is 0 Å². The zero-order valence-electron chi connectivity index (χ0n) is 15.6. The van der Waals surface area contributed by atoms with E-state index in [0.717, 1.165) is 6.42 Å². The number of ether oxygens (including phenoxy) is 1. The molecule has 0 radical (unpaired) electrons. The summed E-state index contributed by atoms with van der Waals surface area (Å²) in [6.07, 6.45) is 1.26. The number of hydrogen-bond donors (Lipinski definition) is 1. The van der Waals surface area contributed by atoms with Gasteiger partial charge in [-0.25, -0.2) is 4.79 Å². The Labute approximate surface area is 163 Å². The topological polar surface area (TPSA) is 66.8 Å². The predicted molar refractivity (Wildman–Crippen MR) is 104 cm³/mol. The number of carboxylic acids is 1. The van der Waals surface area contributed by atoms with Gasteiger partial charge in [-0.05, 0) is 46.9 Å². The molecule has 2 aliphatic carbocycles. The van der Waals surface area contributed by atoms with Crippen LogP contribution in [-0.2, 0) is 9.53 Å². The zero-order chi connectivity index (χ0) is 19.3. The number of carbonyl (C=O) groups excluding carboxylic acids is 1. The van der Waals surface area contributed by atoms with Crippen LogP contribution >= 0.6 is 0 Å². The maximum absolute atomic E-state index is 12.7. The molecular weight excluding hydrogens is 354 g/mol. The van der Waals surface area contributed by atoms with Crippen LogP contribution in [0.15, 0.2) is 48.5 Å². The van der Waals surface area contributed by atoms with Crippen molar-refractivity contribution in [3.8, 4) is 11.1 Å². The fourth-order valence-electron chi connectivity index (χ4n) is 5.40. The highest BCUT2D eigenvalue weighted by molar-refractivity contribution is 5.79. The molecular formula is C23H23NO4. The quantitative estimate of drug-likeness (QED) is 0.879. The molecule has 2 aromatic carbocycles. The lowest BCUT2D eigenvalue weighted by atomic mass is 9.94. The van der Waals surface area contributed by atoms with Crippen LogP contribution in [0.25, 0.3) is 11.1 Å². The third-order valence-corrected chi connectivity index (χ3v) is 6.64. The molecule has 1 saturated heterocycles. The highest BCUT2D eigenvalue weighted by atomic mass is 16.6. The van der Waals surface area contributed by atoms with Crippen molar-refractivity contribution in [2.24, 2.45) is 17.8 Å². The molecule has 1 heterocycles. The second-order valence-electron chi connectivity index (χ2n) is 8.25. The second-order valence-corrected chi connectivity index (χ2v) is 8.25. The summed E-state index contributed by atoms with van der Waals surface area (Å²) in [6.45, 7) is 1.40. The standard InChI is InChI=1S/C23H23NO4/c25-22(26)20-10-14-9-15(20)12-24(11-14)23(27)28-13-21-18-7-3-1-5-16(18)17-6-2-4-8-19(17)21/h1-8,14-15,20-21H,9-13H2,(H,25,26). The van der Waals surface area contributed by atoms with E-state index >= 15 is 0 Å². The highest BCUT2D eigenvalue weighted by Crippen LogP contribution is 2.45. The number of piperidine rings is 1. The lowest BCUT2D eigenvalue weighted by Gasteiger charge is -2.31. The average Bonchev–Trinajstić information content (AvgIpc) is 3.20. The molecule has 5 nitrogen and oxygen atoms in total. The summed E-state index contributed by atoms with van der Waals surface area (Å²) in [5.41, 5.74) is 4.81. The molecule has 3 aliphatic rings. The molecule has 1 aliphatic heterocycles. The number of hydrogen-bond acceptors (Lipinski definition) is 3. The molecule has 2 aromatic rings. The Kier molecular flexibility index (Phi) is 4.11. The first-order chi connectivity index (χ1) is 13.6. The van der Waals surface area contributed by atoms with E-state index in [1.165, 1.54) is 22.3 Å². The first-order valence-electron chi connectivity index (χ1n) is 9.94. The van der Waals surface area contributed by atoms with Crippen LogP contribution in [0.2, 0.25) is 0 Å². The van der Waals surface area contributed by atoms with Gasteiger partial charge in [-0.3, -0.25) is 4.79 Å². The van der Waals surface area contributed by atoms with Gasteiger partial charge in [-0.15, -0.1) is 0 Å². The first kappa shape index (κ1) is 17.3. The van der Waals surface area contributed by atoms with Gasteiger partial charge in [0.05, 0.1) is 5.92 Å². The highest BCUT2D eigenvalue weighted by Gasteiger charge is 2.45. The maximum atomic E-state index is 12.7. The number of rotatable bonds is 3. The second kappa shape index (κ2) is 6.66. The number of carboxylic acid groups (broad SMARTS) is 1. The molecule has 1 amide bonds. The van der Waals surface area contributed by atoms with Gasteiger partial charge in [0.15, 0.2) is 0 Å². The van der Waals surface area contributed by atoms with Crippen molar-refractivity contribution in [2.75, 3.05) is 19.7 Å². The van der Waals surface area contributed by atoms with Crippen LogP contribution in [0, 0.1) is 17.8 Å². The van der Waals surface area contributed by atoms with Crippen molar-refractivity contribution in [1.82, 2.24) is 4.90 Å². The van der Waals surface area contributed by atoms with Crippen LogP contribution in [-0.4, -0.2) is 41.8 Å². The monoisotopic (exact) mass is 377 g/mol. The summed E-state index contributed by atoms with van der Waals surface area (Å²) in [5, 5.41) is 9.38. The Bertz CT molecular complexity index is 894. The van der Waals surface area contributed by atoms with Crippen LogP contribution in [0.3, 0.4) is 0 Å². The largest absolute Gasteiger partial charge is 0.481 e. The van der Waals surface area contributed by atoms with Crippen LogP contribution in [0.1, 0.15) is 29.9 Å². The molecule has 2 fully saturated rings. The van der Waals surface area contributed by atoms with Crippen molar-refractivity contribution in [3.05, 3.63) is 59.7 Å². The fraction of sp³-hybridized carbons (Fsp3) is 0.391. The molecule has 28 heavy (non-hydrogen) atoms. The summed E-state index contributed by atoms with van der Waals surface area (Å²) in [5.74, 6) is -0.681. The van der Waals surface area contributed by atoms with Gasteiger partial charge in [0, 0.05) is 19.0 Å². The van der Waals surface area contributed by atoms with Gasteiger partial charge in [0.25, 0.3) is 0 Å². The maximum Gasteiger partial charge on any atom is 0.409 e. The lowest BCUT2D eigenvalue weighted by Crippen LogP contribution is -2.42. The Hall–Kier alpha value is -2.82. The Morgan fingerprint density at radius 2 is 1.61 bits per heavy atom. The number of likely N-dealkylation sites (tertiary alicyclic amines) is 1.